The van der Waals surface area contributed by atoms with Crippen molar-refractivity contribution in [3.63, 3.8) is 0 Å². The van der Waals surface area contributed by atoms with Crippen LogP contribution in [0.5, 0.6) is 0 Å². The molecule has 0 aliphatic carbocycles. The summed E-state index contributed by atoms with van der Waals surface area (Å²) in [5, 5.41) is 3.67. The van der Waals surface area contributed by atoms with Gasteiger partial charge in [-0.2, -0.15) is 0 Å². The van der Waals surface area contributed by atoms with E-state index in [4.69, 9.17) is 5.73 Å². The van der Waals surface area contributed by atoms with Gasteiger partial charge in [0.2, 0.25) is 0 Å². The van der Waals surface area contributed by atoms with Crippen LogP contribution in [0.15, 0.2) is 0 Å². The minimum absolute atomic E-state index is 0.343. The zero-order chi connectivity index (χ0) is 13.6. The van der Waals surface area contributed by atoms with Crippen LogP contribution in [0.2, 0.25) is 0 Å². The van der Waals surface area contributed by atoms with E-state index in [2.05, 4.69) is 26.1 Å². The first-order valence-electron chi connectivity index (χ1n) is 8.25. The topological polar surface area (TPSA) is 38.0 Å². The van der Waals surface area contributed by atoms with Crippen molar-refractivity contribution >= 4 is 0 Å². The highest BCUT2D eigenvalue weighted by atomic mass is 14.9. The molecule has 2 heteroatoms. The van der Waals surface area contributed by atoms with Crippen LogP contribution < -0.4 is 11.1 Å². The summed E-state index contributed by atoms with van der Waals surface area (Å²) in [6, 6.07) is 0.876. The maximum Gasteiger partial charge on any atom is 0.0218 e. The average molecular weight is 256 g/mol. The Morgan fingerprint density at radius 2 is 1.39 bits per heavy atom. The van der Waals surface area contributed by atoms with Crippen LogP contribution in [-0.4, -0.2) is 18.6 Å². The summed E-state index contributed by atoms with van der Waals surface area (Å²) in [5.74, 6) is 0. The Kier molecular flexibility index (Phi) is 13.3. The molecule has 0 bridgehead atoms. The lowest BCUT2D eigenvalue weighted by Crippen LogP contribution is -2.45. The SMILES string of the molecule is CCCCCCCCNC(CCC)C(N)CCC. The van der Waals surface area contributed by atoms with E-state index in [-0.39, 0.29) is 0 Å². The molecule has 2 unspecified atom stereocenters. The van der Waals surface area contributed by atoms with E-state index in [9.17, 15) is 0 Å². The third kappa shape index (κ3) is 9.90. The summed E-state index contributed by atoms with van der Waals surface area (Å²) >= 11 is 0. The van der Waals surface area contributed by atoms with Gasteiger partial charge in [-0.3, -0.25) is 0 Å². The Bertz CT molecular complexity index is 159. The van der Waals surface area contributed by atoms with E-state index in [1.54, 1.807) is 0 Å². The molecule has 0 spiro atoms. The molecule has 0 aliphatic heterocycles. The van der Waals surface area contributed by atoms with Crippen molar-refractivity contribution in [2.75, 3.05) is 6.54 Å². The fraction of sp³-hybridized carbons (Fsp3) is 1.00. The third-order valence-corrected chi connectivity index (χ3v) is 3.68. The fourth-order valence-electron chi connectivity index (χ4n) is 2.51. The normalized spacial score (nSPS) is 14.7. The van der Waals surface area contributed by atoms with Gasteiger partial charge < -0.3 is 11.1 Å². The highest BCUT2D eigenvalue weighted by molar-refractivity contribution is 4.78. The molecule has 110 valence electrons. The molecule has 0 radical (unpaired) electrons. The molecule has 0 saturated carbocycles. The molecule has 0 aromatic carbocycles. The van der Waals surface area contributed by atoms with Gasteiger partial charge in [0, 0.05) is 12.1 Å². The Hall–Kier alpha value is -0.0800. The van der Waals surface area contributed by atoms with Crippen LogP contribution in [0.1, 0.15) is 85.0 Å². The molecule has 2 atom stereocenters. The maximum atomic E-state index is 6.23. The van der Waals surface area contributed by atoms with Crippen LogP contribution in [0.4, 0.5) is 0 Å². The molecule has 0 amide bonds. The van der Waals surface area contributed by atoms with Gasteiger partial charge in [-0.05, 0) is 25.8 Å². The second-order valence-corrected chi connectivity index (χ2v) is 5.57. The van der Waals surface area contributed by atoms with Crippen LogP contribution in [0, 0.1) is 0 Å². The number of nitrogens with two attached hydrogens (primary N) is 1. The maximum absolute atomic E-state index is 6.23. The minimum Gasteiger partial charge on any atom is -0.326 e. The summed E-state index contributed by atoms with van der Waals surface area (Å²) in [7, 11) is 0. The molecule has 2 nitrogen and oxygen atoms in total. The van der Waals surface area contributed by atoms with Crippen LogP contribution in [0.25, 0.3) is 0 Å². The minimum atomic E-state index is 0.343. The first-order chi connectivity index (χ1) is 8.76. The van der Waals surface area contributed by atoms with Crippen LogP contribution in [-0.2, 0) is 0 Å². The molecule has 0 rings (SSSR count). The fourth-order valence-corrected chi connectivity index (χ4v) is 2.51. The summed E-state index contributed by atoms with van der Waals surface area (Å²) in [5.41, 5.74) is 6.23. The standard InChI is InChI=1S/C16H36N2/c1-4-7-8-9-10-11-14-18-16(13-6-3)15(17)12-5-2/h15-16,18H,4-14,17H2,1-3H3. The lowest BCUT2D eigenvalue weighted by molar-refractivity contribution is 0.380. The molecule has 0 aliphatic rings. The molecule has 0 saturated heterocycles. The average Bonchev–Trinajstić information content (AvgIpc) is 2.36. The lowest BCUT2D eigenvalue weighted by Gasteiger charge is -2.24. The summed E-state index contributed by atoms with van der Waals surface area (Å²) < 4.78 is 0. The predicted octanol–water partition coefficient (Wildman–Crippen LogP) is 4.23. The molecule has 0 heterocycles. The molecular weight excluding hydrogens is 220 g/mol. The molecule has 18 heavy (non-hydrogen) atoms. The highest BCUT2D eigenvalue weighted by Gasteiger charge is 2.14. The second kappa shape index (κ2) is 13.4. The van der Waals surface area contributed by atoms with E-state index in [0.717, 1.165) is 13.0 Å². The van der Waals surface area contributed by atoms with Gasteiger partial charge in [0.1, 0.15) is 0 Å². The number of unbranched alkanes of at least 4 members (excludes halogenated alkanes) is 5. The van der Waals surface area contributed by atoms with Gasteiger partial charge in [0.05, 0.1) is 0 Å². The van der Waals surface area contributed by atoms with Crippen LogP contribution >= 0.6 is 0 Å². The van der Waals surface area contributed by atoms with Gasteiger partial charge in [-0.1, -0.05) is 65.7 Å². The van der Waals surface area contributed by atoms with Gasteiger partial charge >= 0.3 is 0 Å². The Labute approximate surface area is 115 Å². The van der Waals surface area contributed by atoms with Gasteiger partial charge in [0.15, 0.2) is 0 Å². The van der Waals surface area contributed by atoms with Crippen molar-refractivity contribution in [3.05, 3.63) is 0 Å². The number of hydrogen-bond acceptors (Lipinski definition) is 2. The van der Waals surface area contributed by atoms with Crippen molar-refractivity contribution in [2.45, 2.75) is 97.1 Å². The third-order valence-electron chi connectivity index (χ3n) is 3.68. The number of hydrogen-bond donors (Lipinski definition) is 2. The molecule has 0 aromatic rings. The summed E-state index contributed by atoms with van der Waals surface area (Å²) in [6.07, 6.45) is 13.0. The largest absolute Gasteiger partial charge is 0.326 e. The Morgan fingerprint density at radius 3 is 2.00 bits per heavy atom. The molecule has 0 aromatic heterocycles. The van der Waals surface area contributed by atoms with Gasteiger partial charge in [0.25, 0.3) is 0 Å². The molecule has 3 N–H and O–H groups in total. The highest BCUT2D eigenvalue weighted by Crippen LogP contribution is 2.08. The predicted molar refractivity (Wildman–Crippen MR) is 83.0 cm³/mol. The van der Waals surface area contributed by atoms with Gasteiger partial charge in [-0.25, -0.2) is 0 Å². The zero-order valence-corrected chi connectivity index (χ0v) is 13.0. The molecular formula is C16H36N2. The van der Waals surface area contributed by atoms with Crippen molar-refractivity contribution in [3.8, 4) is 0 Å². The second-order valence-electron chi connectivity index (χ2n) is 5.57. The van der Waals surface area contributed by atoms with E-state index in [0.29, 0.717) is 12.1 Å². The van der Waals surface area contributed by atoms with Gasteiger partial charge in [-0.15, -0.1) is 0 Å². The zero-order valence-electron chi connectivity index (χ0n) is 13.0. The van der Waals surface area contributed by atoms with E-state index < -0.39 is 0 Å². The Balaban J connectivity index is 3.57. The van der Waals surface area contributed by atoms with Crippen molar-refractivity contribution in [1.82, 2.24) is 5.32 Å². The van der Waals surface area contributed by atoms with E-state index >= 15 is 0 Å². The quantitative estimate of drug-likeness (QED) is 0.484. The van der Waals surface area contributed by atoms with Crippen molar-refractivity contribution < 1.29 is 0 Å². The van der Waals surface area contributed by atoms with Crippen molar-refractivity contribution in [2.24, 2.45) is 5.73 Å². The first kappa shape index (κ1) is 17.9. The van der Waals surface area contributed by atoms with E-state index in [1.165, 1.54) is 57.8 Å². The first-order valence-corrected chi connectivity index (χ1v) is 8.25. The lowest BCUT2D eigenvalue weighted by atomic mass is 9.99. The smallest absolute Gasteiger partial charge is 0.0218 e. The summed E-state index contributed by atoms with van der Waals surface area (Å²) in [6.45, 7) is 7.88. The Morgan fingerprint density at radius 1 is 0.778 bits per heavy atom. The number of nitrogens with one attached hydrogen (secondary N) is 1. The van der Waals surface area contributed by atoms with Crippen LogP contribution in [0.3, 0.4) is 0 Å². The number of rotatable bonds is 13. The summed E-state index contributed by atoms with van der Waals surface area (Å²) in [4.78, 5) is 0. The molecule has 0 fully saturated rings. The van der Waals surface area contributed by atoms with Crippen molar-refractivity contribution in [1.29, 1.82) is 0 Å². The van der Waals surface area contributed by atoms with E-state index in [1.807, 2.05) is 0 Å². The monoisotopic (exact) mass is 256 g/mol.